The number of H-pyrrole nitrogens is 1. The number of hydrogen-bond donors (Lipinski definition) is 7. The molecule has 5 amide bonds. The molecule has 0 aliphatic carbocycles. The van der Waals surface area contributed by atoms with Gasteiger partial charge in [-0.15, -0.1) is 0 Å². The van der Waals surface area contributed by atoms with E-state index in [0.29, 0.717) is 50.8 Å². The van der Waals surface area contributed by atoms with Crippen LogP contribution in [0.1, 0.15) is 64.5 Å². The molecular weight excluding hydrogens is 574 g/mol. The molecule has 16 nitrogen and oxygen atoms in total. The number of nitrogens with zero attached hydrogens (tertiary/aromatic N) is 3. The van der Waals surface area contributed by atoms with E-state index in [0.717, 1.165) is 0 Å². The number of carboxylic acid groups (broad SMARTS) is 1. The normalized spacial score (nSPS) is 20.8. The topological polar surface area (TPSA) is 246 Å². The van der Waals surface area contributed by atoms with Crippen LogP contribution >= 0.6 is 0 Å². The van der Waals surface area contributed by atoms with Crippen LogP contribution in [0.2, 0.25) is 0 Å². The first kappa shape index (κ1) is 34.4. The Morgan fingerprint density at radius 2 is 1.57 bits per heavy atom. The maximum Gasteiger partial charge on any atom is 0.326 e. The second-order valence-electron chi connectivity index (χ2n) is 11.4. The van der Waals surface area contributed by atoms with Gasteiger partial charge in [-0.1, -0.05) is 0 Å². The lowest BCUT2D eigenvalue weighted by Crippen LogP contribution is -2.58. The summed E-state index contributed by atoms with van der Waals surface area (Å²) in [5, 5.41) is 17.5. The monoisotopic (exact) mass is 619 g/mol. The summed E-state index contributed by atoms with van der Waals surface area (Å²) >= 11 is 0. The summed E-state index contributed by atoms with van der Waals surface area (Å²) in [6.07, 6.45) is 6.31. The standard InChI is InChI=1S/C28H45N9O7/c1-16(30)23(38)35-20(13-18-14-31-15-32-18)27(42)36-11-5-8-21(36)25(40)33-17(2)24(39)34-19(7-3-4-10-29)26(41)37-12-6-9-22(37)28(43)44/h14-17,19-22H,3-13,29-30H2,1-2H3,(H,31,32)(H,33,40)(H,34,39)(H,35,38)(H,43,44)/t16-,17-,19-,20-,21-,22-/m0/s1. The maximum absolute atomic E-state index is 13.6. The van der Waals surface area contributed by atoms with Crippen molar-refractivity contribution in [2.45, 2.75) is 101 Å². The van der Waals surface area contributed by atoms with Gasteiger partial charge in [-0.25, -0.2) is 9.78 Å². The number of aliphatic carboxylic acids is 1. The number of carboxylic acids is 1. The summed E-state index contributed by atoms with van der Waals surface area (Å²) < 4.78 is 0. The van der Waals surface area contributed by atoms with Crippen LogP contribution in [0.25, 0.3) is 0 Å². The van der Waals surface area contributed by atoms with Gasteiger partial charge in [0.25, 0.3) is 0 Å². The molecule has 2 aliphatic rings. The third-order valence-electron chi connectivity index (χ3n) is 7.98. The number of unbranched alkanes of at least 4 members (excludes halogenated alkanes) is 1. The first-order valence-corrected chi connectivity index (χ1v) is 15.1. The molecule has 0 saturated carbocycles. The van der Waals surface area contributed by atoms with Crippen molar-refractivity contribution in [2.75, 3.05) is 19.6 Å². The zero-order valence-electron chi connectivity index (χ0n) is 25.3. The Labute approximate surface area is 256 Å². The lowest BCUT2D eigenvalue weighted by atomic mass is 10.1. The maximum atomic E-state index is 13.6. The van der Waals surface area contributed by atoms with Gasteiger partial charge in [-0.2, -0.15) is 0 Å². The molecule has 3 heterocycles. The highest BCUT2D eigenvalue weighted by atomic mass is 16.4. The van der Waals surface area contributed by atoms with E-state index in [1.165, 1.54) is 36.2 Å². The Morgan fingerprint density at radius 1 is 0.955 bits per heavy atom. The SMILES string of the molecule is C[C@H](N)C(=O)N[C@@H](Cc1cnc[nH]1)C(=O)N1CCC[C@H]1C(=O)N[C@@H](C)C(=O)N[C@@H](CCCCN)C(=O)N1CCC[C@H]1C(=O)O. The highest BCUT2D eigenvalue weighted by molar-refractivity contribution is 5.96. The fraction of sp³-hybridized carbons (Fsp3) is 0.679. The third kappa shape index (κ3) is 8.98. The molecule has 0 radical (unpaired) electrons. The second-order valence-corrected chi connectivity index (χ2v) is 11.4. The average Bonchev–Trinajstić information content (AvgIpc) is 3.77. The lowest BCUT2D eigenvalue weighted by molar-refractivity contribution is -0.149. The van der Waals surface area contributed by atoms with Crippen molar-refractivity contribution in [3.8, 4) is 0 Å². The highest BCUT2D eigenvalue weighted by Crippen LogP contribution is 2.21. The van der Waals surface area contributed by atoms with E-state index >= 15 is 0 Å². The summed E-state index contributed by atoms with van der Waals surface area (Å²) in [7, 11) is 0. The Kier molecular flexibility index (Phi) is 12.6. The van der Waals surface area contributed by atoms with E-state index in [9.17, 15) is 33.9 Å². The summed E-state index contributed by atoms with van der Waals surface area (Å²) in [5.41, 5.74) is 11.9. The fourth-order valence-electron chi connectivity index (χ4n) is 5.53. The number of aromatic nitrogens is 2. The molecule has 9 N–H and O–H groups in total. The molecule has 44 heavy (non-hydrogen) atoms. The predicted molar refractivity (Wildman–Crippen MR) is 157 cm³/mol. The van der Waals surface area contributed by atoms with Gasteiger partial charge >= 0.3 is 5.97 Å². The molecule has 0 bridgehead atoms. The molecule has 0 aromatic carbocycles. The zero-order chi connectivity index (χ0) is 32.4. The minimum Gasteiger partial charge on any atom is -0.480 e. The van der Waals surface area contributed by atoms with Crippen molar-refractivity contribution in [2.24, 2.45) is 11.5 Å². The number of nitrogens with one attached hydrogen (secondary N) is 4. The Hall–Kier alpha value is -4.05. The molecule has 1 aromatic rings. The van der Waals surface area contributed by atoms with Gasteiger partial charge in [-0.05, 0) is 65.3 Å². The van der Waals surface area contributed by atoms with E-state index < -0.39 is 71.8 Å². The van der Waals surface area contributed by atoms with Crippen molar-refractivity contribution in [3.63, 3.8) is 0 Å². The van der Waals surface area contributed by atoms with Gasteiger partial charge in [0.2, 0.25) is 29.5 Å². The van der Waals surface area contributed by atoms with Crippen molar-refractivity contribution >= 4 is 35.5 Å². The van der Waals surface area contributed by atoms with Crippen molar-refractivity contribution in [3.05, 3.63) is 18.2 Å². The minimum absolute atomic E-state index is 0.111. The molecule has 3 rings (SSSR count). The summed E-state index contributed by atoms with van der Waals surface area (Å²) in [6, 6.07) is -5.71. The van der Waals surface area contributed by atoms with Crippen LogP contribution in [0.5, 0.6) is 0 Å². The predicted octanol–water partition coefficient (Wildman–Crippen LogP) is -2.03. The molecule has 16 heteroatoms. The van der Waals surface area contributed by atoms with Crippen LogP contribution in [-0.2, 0) is 35.2 Å². The summed E-state index contributed by atoms with van der Waals surface area (Å²) in [4.78, 5) is 87.0. The van der Waals surface area contributed by atoms with Crippen LogP contribution in [0, 0.1) is 0 Å². The number of hydrogen-bond acceptors (Lipinski definition) is 9. The quantitative estimate of drug-likeness (QED) is 0.106. The van der Waals surface area contributed by atoms with Gasteiger partial charge in [0.15, 0.2) is 0 Å². The van der Waals surface area contributed by atoms with E-state index in [1.807, 2.05) is 0 Å². The number of nitrogens with two attached hydrogens (primary N) is 2. The highest BCUT2D eigenvalue weighted by Gasteiger charge is 2.40. The fourth-order valence-corrected chi connectivity index (χ4v) is 5.53. The lowest BCUT2D eigenvalue weighted by Gasteiger charge is -2.30. The minimum atomic E-state index is -1.09. The first-order valence-electron chi connectivity index (χ1n) is 15.1. The van der Waals surface area contributed by atoms with E-state index in [1.54, 1.807) is 0 Å². The second kappa shape index (κ2) is 16.1. The molecule has 0 spiro atoms. The number of aromatic amines is 1. The van der Waals surface area contributed by atoms with Crippen molar-refractivity contribution in [1.29, 1.82) is 0 Å². The molecular formula is C28H45N9O7. The van der Waals surface area contributed by atoms with Crippen molar-refractivity contribution < 1.29 is 33.9 Å². The van der Waals surface area contributed by atoms with Crippen LogP contribution in [0.3, 0.4) is 0 Å². The van der Waals surface area contributed by atoms with Gasteiger partial charge in [0, 0.05) is 31.4 Å². The van der Waals surface area contributed by atoms with Gasteiger partial charge < -0.3 is 47.3 Å². The van der Waals surface area contributed by atoms with E-state index in [-0.39, 0.29) is 25.9 Å². The van der Waals surface area contributed by atoms with Gasteiger partial charge in [0.1, 0.15) is 30.2 Å². The first-order chi connectivity index (χ1) is 20.9. The summed E-state index contributed by atoms with van der Waals surface area (Å²) in [6.45, 7) is 3.93. The number of amides is 5. The number of carbonyl (C=O) groups excluding carboxylic acids is 5. The third-order valence-corrected chi connectivity index (χ3v) is 7.98. The molecule has 6 atom stereocenters. The van der Waals surface area contributed by atoms with Gasteiger partial charge in [-0.3, -0.25) is 24.0 Å². The van der Waals surface area contributed by atoms with Crippen LogP contribution in [0.15, 0.2) is 12.5 Å². The van der Waals surface area contributed by atoms with Crippen LogP contribution in [0.4, 0.5) is 0 Å². The number of rotatable bonds is 15. The number of imidazole rings is 1. The molecule has 2 saturated heterocycles. The smallest absolute Gasteiger partial charge is 0.326 e. The Morgan fingerprint density at radius 3 is 2.16 bits per heavy atom. The average molecular weight is 620 g/mol. The number of carbonyl (C=O) groups is 6. The van der Waals surface area contributed by atoms with Gasteiger partial charge in [0.05, 0.1) is 12.4 Å². The molecule has 2 aliphatic heterocycles. The molecule has 1 aromatic heterocycles. The van der Waals surface area contributed by atoms with E-state index in [4.69, 9.17) is 11.5 Å². The van der Waals surface area contributed by atoms with Crippen LogP contribution < -0.4 is 27.4 Å². The molecule has 0 unspecified atom stereocenters. The Balaban J connectivity index is 1.66. The Bertz CT molecular complexity index is 1180. The molecule has 244 valence electrons. The largest absolute Gasteiger partial charge is 0.480 e. The summed E-state index contributed by atoms with van der Waals surface area (Å²) in [5.74, 6) is -3.73. The number of likely N-dealkylation sites (tertiary alicyclic amines) is 2. The molecule has 2 fully saturated rings. The van der Waals surface area contributed by atoms with Crippen molar-refractivity contribution in [1.82, 2.24) is 35.7 Å². The van der Waals surface area contributed by atoms with E-state index in [2.05, 4.69) is 25.9 Å². The zero-order valence-corrected chi connectivity index (χ0v) is 25.3. The van der Waals surface area contributed by atoms with Crippen LogP contribution in [-0.4, -0.2) is 116 Å².